The molecule has 2 rings (SSSR count). The van der Waals surface area contributed by atoms with Crippen molar-refractivity contribution in [1.29, 1.82) is 0 Å². The van der Waals surface area contributed by atoms with Gasteiger partial charge in [0.1, 0.15) is 0 Å². The molecule has 21 heavy (non-hydrogen) atoms. The second kappa shape index (κ2) is 5.84. The fraction of sp³-hybridized carbons (Fsp3) is 0.154. The van der Waals surface area contributed by atoms with Gasteiger partial charge in [-0.1, -0.05) is 11.6 Å². The van der Waals surface area contributed by atoms with Crippen molar-refractivity contribution in [3.05, 3.63) is 46.7 Å². The van der Waals surface area contributed by atoms with E-state index in [1.807, 2.05) is 0 Å². The van der Waals surface area contributed by atoms with Crippen molar-refractivity contribution in [2.24, 2.45) is 12.8 Å². The number of carbonyl (C=O) groups excluding carboxylic acids is 1. The topological polar surface area (TPSA) is 110 Å². The number of aromatic nitrogens is 2. The first-order chi connectivity index (χ1) is 9.88. The van der Waals surface area contributed by atoms with Gasteiger partial charge in [0.05, 0.1) is 16.8 Å². The van der Waals surface area contributed by atoms with Crippen molar-refractivity contribution in [3.8, 4) is 0 Å². The van der Waals surface area contributed by atoms with E-state index >= 15 is 0 Å². The first-order valence-electron chi connectivity index (χ1n) is 5.95. The Balaban J connectivity index is 2.28. The Morgan fingerprint density at radius 3 is 2.67 bits per heavy atom. The van der Waals surface area contributed by atoms with Crippen molar-refractivity contribution in [2.75, 3.05) is 5.32 Å². The molecule has 0 fully saturated rings. The highest BCUT2D eigenvalue weighted by atomic mass is 35.5. The highest BCUT2D eigenvalue weighted by Gasteiger charge is 2.21. The molecule has 0 aliphatic rings. The zero-order valence-corrected chi connectivity index (χ0v) is 11.8. The first-order valence-corrected chi connectivity index (χ1v) is 6.33. The normalized spacial score (nSPS) is 11.9. The van der Waals surface area contributed by atoms with Gasteiger partial charge in [-0.2, -0.15) is 5.10 Å². The van der Waals surface area contributed by atoms with Crippen LogP contribution in [0.2, 0.25) is 5.02 Å². The van der Waals surface area contributed by atoms with Gasteiger partial charge in [0.15, 0.2) is 6.04 Å². The number of primary amides is 1. The van der Waals surface area contributed by atoms with Crippen LogP contribution in [0, 0.1) is 0 Å². The standard InChI is InChI=1S/C13H13ClN4O3/c1-18-6-7(5-16-18)11(13(20)21)17-8-2-3-9(12(15)19)10(14)4-8/h2-6,11,17H,1H3,(H2,15,19)(H,20,21). The van der Waals surface area contributed by atoms with Crippen molar-refractivity contribution in [3.63, 3.8) is 0 Å². The van der Waals surface area contributed by atoms with Crippen LogP contribution in [0.4, 0.5) is 5.69 Å². The van der Waals surface area contributed by atoms with Crippen LogP contribution in [0.25, 0.3) is 0 Å². The molecule has 4 N–H and O–H groups in total. The summed E-state index contributed by atoms with van der Waals surface area (Å²) in [6.07, 6.45) is 3.07. The zero-order chi connectivity index (χ0) is 15.6. The third kappa shape index (κ3) is 3.32. The summed E-state index contributed by atoms with van der Waals surface area (Å²) < 4.78 is 1.51. The quantitative estimate of drug-likeness (QED) is 0.773. The minimum Gasteiger partial charge on any atom is -0.479 e. The number of benzene rings is 1. The summed E-state index contributed by atoms with van der Waals surface area (Å²) in [5, 5.41) is 16.2. The summed E-state index contributed by atoms with van der Waals surface area (Å²) in [6, 6.07) is 3.45. The molecular formula is C13H13ClN4O3. The van der Waals surface area contributed by atoms with E-state index in [1.165, 1.54) is 29.1 Å². The molecule has 1 atom stereocenters. The molecule has 7 nitrogen and oxygen atoms in total. The van der Waals surface area contributed by atoms with E-state index < -0.39 is 17.9 Å². The van der Waals surface area contributed by atoms with Crippen molar-refractivity contribution in [1.82, 2.24) is 9.78 Å². The van der Waals surface area contributed by atoms with Gasteiger partial charge in [0.25, 0.3) is 0 Å². The Morgan fingerprint density at radius 1 is 1.48 bits per heavy atom. The van der Waals surface area contributed by atoms with E-state index in [2.05, 4.69) is 10.4 Å². The highest BCUT2D eigenvalue weighted by Crippen LogP contribution is 2.24. The number of nitrogens with zero attached hydrogens (tertiary/aromatic N) is 2. The molecule has 0 radical (unpaired) electrons. The number of rotatable bonds is 5. The van der Waals surface area contributed by atoms with Crippen LogP contribution in [-0.2, 0) is 11.8 Å². The van der Waals surface area contributed by atoms with Gasteiger partial charge in [0.2, 0.25) is 5.91 Å². The highest BCUT2D eigenvalue weighted by molar-refractivity contribution is 6.34. The summed E-state index contributed by atoms with van der Waals surface area (Å²) in [5.41, 5.74) is 6.29. The van der Waals surface area contributed by atoms with Gasteiger partial charge in [-0.05, 0) is 18.2 Å². The number of nitrogens with one attached hydrogen (secondary N) is 1. The minimum absolute atomic E-state index is 0.155. The number of nitrogens with two attached hydrogens (primary N) is 1. The zero-order valence-electron chi connectivity index (χ0n) is 11.1. The molecule has 8 heteroatoms. The molecule has 1 unspecified atom stereocenters. The maximum Gasteiger partial charge on any atom is 0.330 e. The van der Waals surface area contributed by atoms with Gasteiger partial charge >= 0.3 is 5.97 Å². The Labute approximate surface area is 125 Å². The maximum absolute atomic E-state index is 11.4. The number of hydrogen-bond donors (Lipinski definition) is 3. The first kappa shape index (κ1) is 14.9. The Hall–Kier alpha value is -2.54. The number of carboxylic acids is 1. The monoisotopic (exact) mass is 308 g/mol. The van der Waals surface area contributed by atoms with Crippen LogP contribution < -0.4 is 11.1 Å². The number of hydrogen-bond acceptors (Lipinski definition) is 4. The van der Waals surface area contributed by atoms with E-state index in [9.17, 15) is 14.7 Å². The van der Waals surface area contributed by atoms with Crippen LogP contribution in [0.5, 0.6) is 0 Å². The number of amides is 1. The molecule has 0 saturated heterocycles. The fourth-order valence-corrected chi connectivity index (χ4v) is 2.12. The van der Waals surface area contributed by atoms with Crippen molar-refractivity contribution < 1.29 is 14.7 Å². The Kier molecular flexibility index (Phi) is 4.13. The largest absolute Gasteiger partial charge is 0.479 e. The molecule has 1 aromatic heterocycles. The molecule has 0 bridgehead atoms. The SMILES string of the molecule is Cn1cc(C(Nc2ccc(C(N)=O)c(Cl)c2)C(=O)O)cn1. The summed E-state index contributed by atoms with van der Waals surface area (Å²) in [5.74, 6) is -1.70. The second-order valence-electron chi connectivity index (χ2n) is 4.42. The van der Waals surface area contributed by atoms with Gasteiger partial charge in [-0.25, -0.2) is 4.79 Å². The van der Waals surface area contributed by atoms with Crippen LogP contribution in [0.1, 0.15) is 22.0 Å². The van der Waals surface area contributed by atoms with E-state index in [0.717, 1.165) is 0 Å². The van der Waals surface area contributed by atoms with E-state index in [1.54, 1.807) is 13.2 Å². The predicted molar refractivity (Wildman–Crippen MR) is 77.2 cm³/mol. The number of carboxylic acid groups (broad SMARTS) is 1. The molecule has 110 valence electrons. The lowest BCUT2D eigenvalue weighted by Gasteiger charge is -2.15. The Bertz CT molecular complexity index is 698. The van der Waals surface area contributed by atoms with Crippen LogP contribution in [0.3, 0.4) is 0 Å². The molecule has 0 aliphatic carbocycles. The summed E-state index contributed by atoms with van der Waals surface area (Å²) in [6.45, 7) is 0. The second-order valence-corrected chi connectivity index (χ2v) is 4.83. The molecule has 2 aromatic rings. The lowest BCUT2D eigenvalue weighted by molar-refractivity contribution is -0.138. The Morgan fingerprint density at radius 2 is 2.19 bits per heavy atom. The summed E-state index contributed by atoms with van der Waals surface area (Å²) in [4.78, 5) is 22.5. The average Bonchev–Trinajstić information content (AvgIpc) is 2.81. The van der Waals surface area contributed by atoms with Gasteiger partial charge in [-0.15, -0.1) is 0 Å². The summed E-state index contributed by atoms with van der Waals surface area (Å²) in [7, 11) is 1.70. The summed E-state index contributed by atoms with van der Waals surface area (Å²) >= 11 is 5.93. The third-order valence-corrected chi connectivity index (χ3v) is 3.16. The van der Waals surface area contributed by atoms with Crippen LogP contribution in [0.15, 0.2) is 30.6 Å². The average molecular weight is 309 g/mol. The molecule has 0 saturated carbocycles. The lowest BCUT2D eigenvalue weighted by atomic mass is 10.1. The molecule has 1 heterocycles. The van der Waals surface area contributed by atoms with Crippen LogP contribution in [-0.4, -0.2) is 26.8 Å². The molecule has 0 aliphatic heterocycles. The van der Waals surface area contributed by atoms with E-state index in [4.69, 9.17) is 17.3 Å². The number of halogens is 1. The molecule has 1 amide bonds. The number of aryl methyl sites for hydroxylation is 1. The van der Waals surface area contributed by atoms with Crippen molar-refractivity contribution in [2.45, 2.75) is 6.04 Å². The van der Waals surface area contributed by atoms with Gasteiger partial charge in [-0.3, -0.25) is 9.48 Å². The lowest BCUT2D eigenvalue weighted by Crippen LogP contribution is -2.20. The molecule has 1 aromatic carbocycles. The van der Waals surface area contributed by atoms with Crippen LogP contribution >= 0.6 is 11.6 Å². The number of aliphatic carboxylic acids is 1. The fourth-order valence-electron chi connectivity index (χ4n) is 1.85. The molecular weight excluding hydrogens is 296 g/mol. The van der Waals surface area contributed by atoms with Crippen molar-refractivity contribution >= 4 is 29.2 Å². The third-order valence-electron chi connectivity index (χ3n) is 2.85. The molecule has 0 spiro atoms. The minimum atomic E-state index is -1.06. The predicted octanol–water partition coefficient (Wildman–Crippen LogP) is 1.41. The number of anilines is 1. The number of carbonyl (C=O) groups is 2. The van der Waals surface area contributed by atoms with E-state index in [-0.39, 0.29) is 10.6 Å². The van der Waals surface area contributed by atoms with Gasteiger partial charge < -0.3 is 16.2 Å². The smallest absolute Gasteiger partial charge is 0.330 e. The van der Waals surface area contributed by atoms with E-state index in [0.29, 0.717) is 11.3 Å². The van der Waals surface area contributed by atoms with Gasteiger partial charge in [0, 0.05) is 24.5 Å². The maximum atomic E-state index is 11.4.